The van der Waals surface area contributed by atoms with Gasteiger partial charge in [0, 0.05) is 35.4 Å². The number of aromatic carboxylic acids is 1. The van der Waals surface area contributed by atoms with E-state index in [2.05, 4.69) is 42.3 Å². The van der Waals surface area contributed by atoms with Crippen LogP contribution in [0.15, 0.2) is 28.5 Å². The van der Waals surface area contributed by atoms with Crippen molar-refractivity contribution in [3.63, 3.8) is 0 Å². The van der Waals surface area contributed by atoms with Gasteiger partial charge in [-0.25, -0.2) is 9.78 Å². The Bertz CT molecular complexity index is 728. The molecule has 128 valence electrons. The summed E-state index contributed by atoms with van der Waals surface area (Å²) in [6, 6.07) is 6.31. The van der Waals surface area contributed by atoms with E-state index >= 15 is 0 Å². The molecule has 0 saturated heterocycles. The lowest BCUT2D eigenvalue weighted by atomic mass is 10.1. The van der Waals surface area contributed by atoms with Crippen molar-refractivity contribution in [3.8, 4) is 0 Å². The van der Waals surface area contributed by atoms with E-state index in [-0.39, 0.29) is 11.6 Å². The van der Waals surface area contributed by atoms with Gasteiger partial charge in [-0.15, -0.1) is 23.1 Å². The van der Waals surface area contributed by atoms with Crippen molar-refractivity contribution in [1.82, 2.24) is 10.3 Å². The van der Waals surface area contributed by atoms with Gasteiger partial charge in [-0.05, 0) is 37.1 Å². The zero-order chi connectivity index (χ0) is 17.5. The fraction of sp³-hybridized carbons (Fsp3) is 0.353. The number of aryl methyl sites for hydroxylation is 2. The normalized spacial score (nSPS) is 10.6. The number of carbonyl (C=O) groups is 2. The summed E-state index contributed by atoms with van der Waals surface area (Å²) in [5, 5.41) is 13.9. The third-order valence-electron chi connectivity index (χ3n) is 3.51. The number of hydrogen-bond donors (Lipinski definition) is 2. The fourth-order valence-electron chi connectivity index (χ4n) is 1.99. The zero-order valence-electron chi connectivity index (χ0n) is 13.7. The van der Waals surface area contributed by atoms with E-state index < -0.39 is 5.97 Å². The molecule has 1 aromatic heterocycles. The van der Waals surface area contributed by atoms with E-state index in [1.54, 1.807) is 11.8 Å². The van der Waals surface area contributed by atoms with Gasteiger partial charge in [0.15, 0.2) is 5.69 Å². The third kappa shape index (κ3) is 5.65. The molecule has 5 nitrogen and oxygen atoms in total. The van der Waals surface area contributed by atoms with Crippen LogP contribution in [0.4, 0.5) is 0 Å². The quantitative estimate of drug-likeness (QED) is 0.703. The van der Waals surface area contributed by atoms with E-state index in [9.17, 15) is 9.59 Å². The van der Waals surface area contributed by atoms with Crippen LogP contribution in [0, 0.1) is 13.8 Å². The highest BCUT2D eigenvalue weighted by Gasteiger charge is 2.09. The highest BCUT2D eigenvalue weighted by Crippen LogP contribution is 2.21. The maximum Gasteiger partial charge on any atom is 0.355 e. The van der Waals surface area contributed by atoms with Gasteiger partial charge in [0.25, 0.3) is 0 Å². The Balaban J connectivity index is 1.65. The number of hydrogen-bond acceptors (Lipinski definition) is 5. The second-order valence-electron chi connectivity index (χ2n) is 5.38. The average Bonchev–Trinajstić information content (AvgIpc) is 3.00. The van der Waals surface area contributed by atoms with E-state index in [0.29, 0.717) is 19.4 Å². The molecule has 0 bridgehead atoms. The van der Waals surface area contributed by atoms with Crippen molar-refractivity contribution in [2.75, 3.05) is 12.3 Å². The number of nitrogens with one attached hydrogen (secondary N) is 1. The summed E-state index contributed by atoms with van der Waals surface area (Å²) in [4.78, 5) is 27.7. The molecule has 0 aliphatic carbocycles. The van der Waals surface area contributed by atoms with Gasteiger partial charge in [-0.3, -0.25) is 4.79 Å². The van der Waals surface area contributed by atoms with Crippen LogP contribution in [-0.4, -0.2) is 34.3 Å². The molecule has 1 heterocycles. The van der Waals surface area contributed by atoms with Crippen molar-refractivity contribution < 1.29 is 14.7 Å². The minimum atomic E-state index is -1.02. The number of thiazole rings is 1. The monoisotopic (exact) mass is 364 g/mol. The second-order valence-corrected chi connectivity index (χ2v) is 7.49. The van der Waals surface area contributed by atoms with Crippen molar-refractivity contribution in [1.29, 1.82) is 0 Å². The molecular formula is C17H20N2O3S2. The molecule has 0 atom stereocenters. The Morgan fingerprint density at radius 1 is 1.29 bits per heavy atom. The predicted octanol–water partition coefficient (Wildman–Crippen LogP) is 3.30. The SMILES string of the molecule is Cc1ccc(SCCC(=O)NCCc2nc(C(=O)O)cs2)cc1C. The van der Waals surface area contributed by atoms with Crippen LogP contribution >= 0.6 is 23.1 Å². The summed E-state index contributed by atoms with van der Waals surface area (Å²) in [5.74, 6) is -0.291. The van der Waals surface area contributed by atoms with Crippen LogP contribution < -0.4 is 5.32 Å². The minimum absolute atomic E-state index is 0.00125. The number of benzene rings is 1. The number of carbonyl (C=O) groups excluding carboxylic acids is 1. The maximum atomic E-state index is 11.8. The molecule has 2 rings (SSSR count). The number of thioether (sulfide) groups is 1. The Hall–Kier alpha value is -1.86. The number of rotatable bonds is 8. The molecule has 0 saturated carbocycles. The summed E-state index contributed by atoms with van der Waals surface area (Å²) in [7, 11) is 0. The summed E-state index contributed by atoms with van der Waals surface area (Å²) < 4.78 is 0. The molecule has 0 radical (unpaired) electrons. The molecule has 7 heteroatoms. The largest absolute Gasteiger partial charge is 0.476 e. The van der Waals surface area contributed by atoms with Crippen LogP contribution in [0.25, 0.3) is 0 Å². The number of nitrogens with zero attached hydrogens (tertiary/aromatic N) is 1. The first-order valence-corrected chi connectivity index (χ1v) is 9.46. The first-order valence-electron chi connectivity index (χ1n) is 7.60. The van der Waals surface area contributed by atoms with E-state index in [1.165, 1.54) is 32.7 Å². The van der Waals surface area contributed by atoms with Gasteiger partial charge < -0.3 is 10.4 Å². The number of amides is 1. The lowest BCUT2D eigenvalue weighted by Crippen LogP contribution is -2.25. The minimum Gasteiger partial charge on any atom is -0.476 e. The fourth-order valence-corrected chi connectivity index (χ4v) is 3.71. The summed E-state index contributed by atoms with van der Waals surface area (Å²) in [6.45, 7) is 4.64. The second kappa shape index (κ2) is 8.84. The van der Waals surface area contributed by atoms with Gasteiger partial charge >= 0.3 is 5.97 Å². The van der Waals surface area contributed by atoms with Gasteiger partial charge in [0.05, 0.1) is 5.01 Å². The molecule has 0 aliphatic heterocycles. The third-order valence-corrected chi connectivity index (χ3v) is 5.41. The Morgan fingerprint density at radius 2 is 2.08 bits per heavy atom. The first-order chi connectivity index (χ1) is 11.5. The Morgan fingerprint density at radius 3 is 2.75 bits per heavy atom. The molecule has 0 spiro atoms. The maximum absolute atomic E-state index is 11.8. The topological polar surface area (TPSA) is 79.3 Å². The lowest BCUT2D eigenvalue weighted by molar-refractivity contribution is -0.120. The van der Waals surface area contributed by atoms with E-state index in [0.717, 1.165) is 10.8 Å². The van der Waals surface area contributed by atoms with Crippen molar-refractivity contribution in [2.24, 2.45) is 0 Å². The summed E-state index contributed by atoms with van der Waals surface area (Å²) in [6.07, 6.45) is 1.00. The molecule has 0 fully saturated rings. The van der Waals surface area contributed by atoms with Crippen LogP contribution in [0.1, 0.15) is 33.0 Å². The Kier molecular flexibility index (Phi) is 6.81. The van der Waals surface area contributed by atoms with Crippen LogP contribution in [0.3, 0.4) is 0 Å². The van der Waals surface area contributed by atoms with Crippen LogP contribution in [0.5, 0.6) is 0 Å². The zero-order valence-corrected chi connectivity index (χ0v) is 15.3. The van der Waals surface area contributed by atoms with Gasteiger partial charge in [-0.2, -0.15) is 0 Å². The molecule has 2 aromatic rings. The van der Waals surface area contributed by atoms with Gasteiger partial charge in [0.1, 0.15) is 0 Å². The smallest absolute Gasteiger partial charge is 0.355 e. The summed E-state index contributed by atoms with van der Waals surface area (Å²) in [5.41, 5.74) is 2.59. The number of aromatic nitrogens is 1. The molecule has 2 N–H and O–H groups in total. The van der Waals surface area contributed by atoms with Gasteiger partial charge in [0.2, 0.25) is 5.91 Å². The van der Waals surface area contributed by atoms with Gasteiger partial charge in [-0.1, -0.05) is 6.07 Å². The first kappa shape index (κ1) is 18.5. The Labute approximate surface area is 149 Å². The van der Waals surface area contributed by atoms with E-state index in [4.69, 9.17) is 5.11 Å². The number of carboxylic acids is 1. The summed E-state index contributed by atoms with van der Waals surface area (Å²) >= 11 is 2.97. The van der Waals surface area contributed by atoms with Crippen molar-refractivity contribution >= 4 is 35.0 Å². The van der Waals surface area contributed by atoms with Crippen LogP contribution in [-0.2, 0) is 11.2 Å². The molecular weight excluding hydrogens is 344 g/mol. The average molecular weight is 364 g/mol. The molecule has 0 unspecified atom stereocenters. The molecule has 24 heavy (non-hydrogen) atoms. The molecule has 1 amide bonds. The molecule has 0 aliphatic rings. The van der Waals surface area contributed by atoms with E-state index in [1.807, 2.05) is 0 Å². The highest BCUT2D eigenvalue weighted by atomic mass is 32.2. The molecule has 1 aromatic carbocycles. The standard InChI is InChI=1S/C17H20N2O3S2/c1-11-3-4-13(9-12(11)2)23-8-6-15(20)18-7-5-16-19-14(10-24-16)17(21)22/h3-4,9-10H,5-8H2,1-2H3,(H,18,20)(H,21,22). The number of carboxylic acid groups (broad SMARTS) is 1. The lowest BCUT2D eigenvalue weighted by Gasteiger charge is -2.06. The van der Waals surface area contributed by atoms with Crippen molar-refractivity contribution in [3.05, 3.63) is 45.4 Å². The van der Waals surface area contributed by atoms with Crippen LogP contribution in [0.2, 0.25) is 0 Å². The van der Waals surface area contributed by atoms with Crippen molar-refractivity contribution in [2.45, 2.75) is 31.6 Å². The predicted molar refractivity (Wildman–Crippen MR) is 97.0 cm³/mol. The highest BCUT2D eigenvalue weighted by molar-refractivity contribution is 7.99.